The van der Waals surface area contributed by atoms with Crippen LogP contribution in [-0.4, -0.2) is 17.6 Å². The molecule has 1 amide bonds. The molecule has 0 spiro atoms. The lowest BCUT2D eigenvalue weighted by Crippen LogP contribution is -2.34. The lowest BCUT2D eigenvalue weighted by molar-refractivity contribution is 0.0973. The number of nitrogens with zero attached hydrogens (tertiary/aromatic N) is 1. The van der Waals surface area contributed by atoms with Crippen molar-refractivity contribution in [3.8, 4) is 11.8 Å². The van der Waals surface area contributed by atoms with E-state index in [4.69, 9.17) is 22.2 Å². The second-order valence-corrected chi connectivity index (χ2v) is 7.23. The van der Waals surface area contributed by atoms with Crippen LogP contribution < -0.4 is 15.4 Å². The molecule has 0 heterocycles. The zero-order chi connectivity index (χ0) is 19.1. The lowest BCUT2D eigenvalue weighted by atomic mass is 10.2. The Balaban J connectivity index is 2.12. The van der Waals surface area contributed by atoms with Crippen molar-refractivity contribution in [2.45, 2.75) is 13.8 Å². The molecule has 7 heteroatoms. The average molecular weight is 432 g/mol. The fourth-order valence-corrected chi connectivity index (χ4v) is 2.64. The molecule has 2 rings (SSSR count). The van der Waals surface area contributed by atoms with Gasteiger partial charge in [-0.05, 0) is 48.5 Å². The highest BCUT2D eigenvalue weighted by Crippen LogP contribution is 2.24. The Morgan fingerprint density at radius 2 is 2.04 bits per heavy atom. The molecule has 2 aromatic carbocycles. The average Bonchev–Trinajstić information content (AvgIpc) is 2.60. The van der Waals surface area contributed by atoms with E-state index < -0.39 is 5.91 Å². The Hall–Kier alpha value is -2.43. The van der Waals surface area contributed by atoms with Crippen LogP contribution in [0.1, 0.15) is 29.8 Å². The van der Waals surface area contributed by atoms with Gasteiger partial charge in [-0.2, -0.15) is 5.26 Å². The van der Waals surface area contributed by atoms with Crippen LogP contribution in [0.15, 0.2) is 46.9 Å². The van der Waals surface area contributed by atoms with Crippen LogP contribution in [0.5, 0.6) is 5.75 Å². The van der Waals surface area contributed by atoms with Crippen molar-refractivity contribution in [3.63, 3.8) is 0 Å². The highest BCUT2D eigenvalue weighted by atomic mass is 79.9. The number of anilines is 1. The van der Waals surface area contributed by atoms with Gasteiger partial charge in [0.25, 0.3) is 5.91 Å². The first kappa shape index (κ1) is 19.9. The number of nitrogens with one attached hydrogen (secondary N) is 2. The molecule has 0 unspecified atom stereocenters. The van der Waals surface area contributed by atoms with Gasteiger partial charge in [0.15, 0.2) is 5.11 Å². The van der Waals surface area contributed by atoms with E-state index in [-0.39, 0.29) is 5.11 Å². The summed E-state index contributed by atoms with van der Waals surface area (Å²) in [6, 6.07) is 14.2. The van der Waals surface area contributed by atoms with E-state index in [1.807, 2.05) is 19.9 Å². The summed E-state index contributed by atoms with van der Waals surface area (Å²) in [6.45, 7) is 4.56. The molecule has 134 valence electrons. The van der Waals surface area contributed by atoms with Crippen LogP contribution in [0.3, 0.4) is 0 Å². The summed E-state index contributed by atoms with van der Waals surface area (Å²) < 4.78 is 6.48. The Morgan fingerprint density at radius 1 is 1.31 bits per heavy atom. The van der Waals surface area contributed by atoms with Crippen molar-refractivity contribution >= 4 is 44.9 Å². The van der Waals surface area contributed by atoms with Crippen LogP contribution in [0.2, 0.25) is 0 Å². The van der Waals surface area contributed by atoms with Crippen LogP contribution >= 0.6 is 28.1 Å². The molecule has 2 N–H and O–H groups in total. The molecule has 0 saturated heterocycles. The monoisotopic (exact) mass is 431 g/mol. The third kappa shape index (κ3) is 5.55. The summed E-state index contributed by atoms with van der Waals surface area (Å²) in [5.41, 5.74) is 1.34. The molecule has 26 heavy (non-hydrogen) atoms. The molecular weight excluding hydrogens is 414 g/mol. The second kappa shape index (κ2) is 9.32. The summed E-state index contributed by atoms with van der Waals surface area (Å²) in [4.78, 5) is 12.6. The normalized spacial score (nSPS) is 10.1. The largest absolute Gasteiger partial charge is 0.492 e. The second-order valence-electron chi connectivity index (χ2n) is 5.91. The number of carbonyl (C=O) groups excluding carboxylic acids is 1. The molecule has 0 saturated carbocycles. The Morgan fingerprint density at radius 3 is 2.73 bits per heavy atom. The minimum atomic E-state index is -0.392. The van der Waals surface area contributed by atoms with Gasteiger partial charge >= 0.3 is 0 Å². The van der Waals surface area contributed by atoms with Gasteiger partial charge in [0.05, 0.1) is 23.4 Å². The number of hydrogen-bond acceptors (Lipinski definition) is 4. The van der Waals surface area contributed by atoms with Crippen molar-refractivity contribution in [1.29, 1.82) is 5.26 Å². The fraction of sp³-hybridized carbons (Fsp3) is 0.211. The number of carbonyl (C=O) groups is 1. The molecule has 0 aromatic heterocycles. The SMILES string of the molecule is CC(C)COc1ccc(Br)cc1C(=O)NC(=S)Nc1ccccc1C#N. The van der Waals surface area contributed by atoms with Crippen molar-refractivity contribution < 1.29 is 9.53 Å². The van der Waals surface area contributed by atoms with Crippen molar-refractivity contribution in [3.05, 3.63) is 58.1 Å². The molecular formula is C19H18BrN3O2S. The standard InChI is InChI=1S/C19H18BrN3O2S/c1-12(2)11-25-17-8-7-14(20)9-15(17)18(24)23-19(26)22-16-6-4-3-5-13(16)10-21/h3-9,12H,11H2,1-2H3,(H2,22,23,24,26). The first-order chi connectivity index (χ1) is 12.4. The Kier molecular flexibility index (Phi) is 7.13. The van der Waals surface area contributed by atoms with Crippen LogP contribution in [-0.2, 0) is 0 Å². The first-order valence-electron chi connectivity index (χ1n) is 7.94. The topological polar surface area (TPSA) is 74.2 Å². The van der Waals surface area contributed by atoms with E-state index in [0.717, 1.165) is 4.47 Å². The molecule has 0 fully saturated rings. The molecule has 0 atom stereocenters. The van der Waals surface area contributed by atoms with E-state index in [0.29, 0.717) is 35.1 Å². The molecule has 5 nitrogen and oxygen atoms in total. The van der Waals surface area contributed by atoms with Crippen LogP contribution in [0, 0.1) is 17.2 Å². The predicted octanol–water partition coefficient (Wildman–Crippen LogP) is 4.48. The molecule has 0 aliphatic rings. The number of rotatable bonds is 5. The van der Waals surface area contributed by atoms with Crippen molar-refractivity contribution in [1.82, 2.24) is 5.32 Å². The van der Waals surface area contributed by atoms with Gasteiger partial charge in [-0.25, -0.2) is 0 Å². The van der Waals surface area contributed by atoms with E-state index in [2.05, 4.69) is 32.6 Å². The quantitative estimate of drug-likeness (QED) is 0.682. The van der Waals surface area contributed by atoms with Gasteiger partial charge in [-0.1, -0.05) is 41.9 Å². The van der Waals surface area contributed by atoms with Crippen LogP contribution in [0.25, 0.3) is 0 Å². The van der Waals surface area contributed by atoms with Crippen molar-refractivity contribution in [2.24, 2.45) is 5.92 Å². The molecule has 2 aromatic rings. The highest BCUT2D eigenvalue weighted by Gasteiger charge is 2.16. The third-order valence-electron chi connectivity index (χ3n) is 3.28. The zero-order valence-electron chi connectivity index (χ0n) is 14.4. The Labute approximate surface area is 166 Å². The summed E-state index contributed by atoms with van der Waals surface area (Å²) >= 11 is 8.56. The van der Waals surface area contributed by atoms with Gasteiger partial charge in [-0.3, -0.25) is 10.1 Å². The van der Waals surface area contributed by atoms with Gasteiger partial charge < -0.3 is 10.1 Å². The summed E-state index contributed by atoms with van der Waals surface area (Å²) in [7, 11) is 0. The summed E-state index contributed by atoms with van der Waals surface area (Å²) in [5, 5.41) is 14.7. The minimum Gasteiger partial charge on any atom is -0.492 e. The number of thiocarbonyl (C=S) groups is 1. The van der Waals surface area contributed by atoms with E-state index in [1.54, 1.807) is 36.4 Å². The Bertz CT molecular complexity index is 862. The number of nitriles is 1. The maximum Gasteiger partial charge on any atom is 0.261 e. The predicted molar refractivity (Wildman–Crippen MR) is 109 cm³/mol. The van der Waals surface area contributed by atoms with Gasteiger partial charge in [-0.15, -0.1) is 0 Å². The summed E-state index contributed by atoms with van der Waals surface area (Å²) in [5.74, 6) is 0.427. The van der Waals surface area contributed by atoms with Crippen LogP contribution in [0.4, 0.5) is 5.69 Å². The number of hydrogen-bond donors (Lipinski definition) is 2. The van der Waals surface area contributed by atoms with Gasteiger partial charge in [0.1, 0.15) is 11.8 Å². The van der Waals surface area contributed by atoms with Gasteiger partial charge in [0.2, 0.25) is 0 Å². The molecule has 0 radical (unpaired) electrons. The van der Waals surface area contributed by atoms with E-state index in [9.17, 15) is 4.79 Å². The summed E-state index contributed by atoms with van der Waals surface area (Å²) in [6.07, 6.45) is 0. The third-order valence-corrected chi connectivity index (χ3v) is 3.98. The number of halogens is 1. The molecule has 0 aliphatic heterocycles. The maximum atomic E-state index is 12.6. The minimum absolute atomic E-state index is 0.104. The zero-order valence-corrected chi connectivity index (χ0v) is 16.8. The number of ether oxygens (including phenoxy) is 1. The number of benzene rings is 2. The smallest absolute Gasteiger partial charge is 0.261 e. The maximum absolute atomic E-state index is 12.6. The molecule has 0 aliphatic carbocycles. The first-order valence-corrected chi connectivity index (χ1v) is 9.14. The van der Waals surface area contributed by atoms with Crippen molar-refractivity contribution in [2.75, 3.05) is 11.9 Å². The molecule has 0 bridgehead atoms. The number of amides is 1. The fourth-order valence-electron chi connectivity index (χ4n) is 2.08. The number of para-hydroxylation sites is 1. The van der Waals surface area contributed by atoms with E-state index in [1.165, 1.54) is 0 Å². The lowest BCUT2D eigenvalue weighted by Gasteiger charge is -2.15. The van der Waals surface area contributed by atoms with E-state index >= 15 is 0 Å². The highest BCUT2D eigenvalue weighted by molar-refractivity contribution is 9.10. The van der Waals surface area contributed by atoms with Gasteiger partial charge in [0, 0.05) is 4.47 Å².